The van der Waals surface area contributed by atoms with Crippen molar-refractivity contribution in [3.8, 4) is 5.75 Å². The van der Waals surface area contributed by atoms with E-state index in [9.17, 15) is 14.0 Å². The van der Waals surface area contributed by atoms with Crippen molar-refractivity contribution >= 4 is 29.3 Å². The number of nitrogens with zero attached hydrogens (tertiary/aromatic N) is 2. The second-order valence-electron chi connectivity index (χ2n) is 6.78. The number of halogens is 1. The summed E-state index contributed by atoms with van der Waals surface area (Å²) in [6.07, 6.45) is 0. The predicted octanol–water partition coefficient (Wildman–Crippen LogP) is 2.98. The van der Waals surface area contributed by atoms with Crippen molar-refractivity contribution in [2.75, 3.05) is 44.9 Å². The first kappa shape index (κ1) is 21.1. The molecular weight excluding hydrogens is 393 g/mol. The number of methoxy groups -OCH3 is 1. The number of hydrogen-bond acceptors (Lipinski definition) is 5. The largest absolute Gasteiger partial charge is 0.497 e. The summed E-state index contributed by atoms with van der Waals surface area (Å²) in [5.41, 5.74) is 1.18. The van der Waals surface area contributed by atoms with E-state index in [1.54, 1.807) is 78.2 Å². The van der Waals surface area contributed by atoms with Crippen LogP contribution in [0.3, 0.4) is 0 Å². The van der Waals surface area contributed by atoms with E-state index >= 15 is 0 Å². The molecule has 6 nitrogen and oxygen atoms in total. The smallest absolute Gasteiger partial charge is 0.238 e. The van der Waals surface area contributed by atoms with E-state index in [0.29, 0.717) is 23.5 Å². The molecular formula is C21H24FN3O3S. The number of amides is 2. The number of carbonyl (C=O) groups is 2. The summed E-state index contributed by atoms with van der Waals surface area (Å²) in [6.45, 7) is 0.721. The molecule has 0 unspecified atom stereocenters. The molecule has 1 fully saturated rings. The molecule has 0 radical (unpaired) electrons. The summed E-state index contributed by atoms with van der Waals surface area (Å²) in [6, 6.07) is 13.6. The van der Waals surface area contributed by atoms with E-state index in [0.717, 1.165) is 5.75 Å². The van der Waals surface area contributed by atoms with Gasteiger partial charge in [-0.3, -0.25) is 14.5 Å². The number of carbonyl (C=O) groups excluding carboxylic acids is 2. The van der Waals surface area contributed by atoms with Crippen LogP contribution < -0.4 is 10.1 Å². The third-order valence-corrected chi connectivity index (χ3v) is 5.82. The highest BCUT2D eigenvalue weighted by molar-refractivity contribution is 7.99. The molecule has 2 amide bonds. The van der Waals surface area contributed by atoms with Crippen LogP contribution in [0.1, 0.15) is 10.9 Å². The Kier molecular flexibility index (Phi) is 7.11. The van der Waals surface area contributed by atoms with Gasteiger partial charge in [0.2, 0.25) is 11.8 Å². The maximum Gasteiger partial charge on any atom is 0.238 e. The summed E-state index contributed by atoms with van der Waals surface area (Å²) in [7, 11) is 3.29. The van der Waals surface area contributed by atoms with Crippen molar-refractivity contribution < 1.29 is 18.7 Å². The topological polar surface area (TPSA) is 61.9 Å². The molecule has 0 spiro atoms. The Morgan fingerprint density at radius 3 is 2.62 bits per heavy atom. The summed E-state index contributed by atoms with van der Waals surface area (Å²) in [5.74, 6) is 0.817. The Bertz CT molecular complexity index is 863. The minimum absolute atomic E-state index is 0.0725. The van der Waals surface area contributed by atoms with Gasteiger partial charge in [0, 0.05) is 23.5 Å². The van der Waals surface area contributed by atoms with Gasteiger partial charge in [-0.2, -0.15) is 0 Å². The number of rotatable bonds is 7. The Balaban J connectivity index is 1.54. The maximum absolute atomic E-state index is 14.1. The van der Waals surface area contributed by atoms with Crippen LogP contribution in [0.5, 0.6) is 5.75 Å². The quantitative estimate of drug-likeness (QED) is 0.751. The van der Waals surface area contributed by atoms with Crippen LogP contribution in [-0.2, 0) is 9.59 Å². The number of thioether (sulfide) groups is 1. The fourth-order valence-corrected chi connectivity index (χ4v) is 4.46. The van der Waals surface area contributed by atoms with Crippen molar-refractivity contribution in [3.63, 3.8) is 0 Å². The standard InChI is InChI=1S/C21H24FN3O3S/c1-24(13-19(26)23-15-7-9-16(28-2)10-8-15)14-20(27)25-11-12-29-21(25)17-5-3-4-6-18(17)22/h3-10,21H,11-14H2,1-2H3,(H,23,26)/t21-/m0/s1. The molecule has 29 heavy (non-hydrogen) atoms. The van der Waals surface area contributed by atoms with Crippen LogP contribution in [0.25, 0.3) is 0 Å². The third-order valence-electron chi connectivity index (χ3n) is 4.58. The molecule has 154 valence electrons. The van der Waals surface area contributed by atoms with Crippen molar-refractivity contribution in [1.82, 2.24) is 9.80 Å². The monoisotopic (exact) mass is 417 g/mol. The molecule has 3 rings (SSSR count). The maximum atomic E-state index is 14.1. The molecule has 2 aromatic carbocycles. The van der Waals surface area contributed by atoms with Crippen LogP contribution in [0.15, 0.2) is 48.5 Å². The lowest BCUT2D eigenvalue weighted by atomic mass is 10.2. The normalized spacial score (nSPS) is 16.1. The molecule has 1 heterocycles. The number of benzene rings is 2. The number of anilines is 1. The zero-order valence-electron chi connectivity index (χ0n) is 16.4. The minimum Gasteiger partial charge on any atom is -0.497 e. The van der Waals surface area contributed by atoms with Crippen LogP contribution in [0.4, 0.5) is 10.1 Å². The average molecular weight is 418 g/mol. The van der Waals surface area contributed by atoms with Crippen LogP contribution in [0.2, 0.25) is 0 Å². The van der Waals surface area contributed by atoms with E-state index in [2.05, 4.69) is 5.32 Å². The van der Waals surface area contributed by atoms with Crippen molar-refractivity contribution in [1.29, 1.82) is 0 Å². The molecule has 0 aromatic heterocycles. The molecule has 0 saturated carbocycles. The number of likely N-dealkylation sites (N-methyl/N-ethyl adjacent to an activating group) is 1. The fraction of sp³-hybridized carbons (Fsp3) is 0.333. The molecule has 0 bridgehead atoms. The van der Waals surface area contributed by atoms with Gasteiger partial charge < -0.3 is 15.0 Å². The second kappa shape index (κ2) is 9.76. The first-order valence-corrected chi connectivity index (χ1v) is 10.3. The summed E-state index contributed by atoms with van der Waals surface area (Å²) < 4.78 is 19.2. The van der Waals surface area contributed by atoms with Crippen molar-refractivity contribution in [2.24, 2.45) is 0 Å². The van der Waals surface area contributed by atoms with Gasteiger partial charge in [-0.05, 0) is 37.4 Å². The van der Waals surface area contributed by atoms with Gasteiger partial charge in [0.1, 0.15) is 16.9 Å². The van der Waals surface area contributed by atoms with Crippen LogP contribution in [-0.4, -0.2) is 61.2 Å². The van der Waals surface area contributed by atoms with Gasteiger partial charge in [-0.25, -0.2) is 4.39 Å². The molecule has 1 saturated heterocycles. The van der Waals surface area contributed by atoms with E-state index in [-0.39, 0.29) is 36.1 Å². The van der Waals surface area contributed by atoms with Gasteiger partial charge in [0.05, 0.1) is 20.2 Å². The van der Waals surface area contributed by atoms with Crippen LogP contribution >= 0.6 is 11.8 Å². The predicted molar refractivity (Wildman–Crippen MR) is 112 cm³/mol. The van der Waals surface area contributed by atoms with Crippen molar-refractivity contribution in [2.45, 2.75) is 5.37 Å². The highest BCUT2D eigenvalue weighted by Gasteiger charge is 2.32. The molecule has 1 aliphatic heterocycles. The first-order chi connectivity index (χ1) is 14.0. The fourth-order valence-electron chi connectivity index (χ4n) is 3.16. The molecule has 1 N–H and O–H groups in total. The number of hydrogen-bond donors (Lipinski definition) is 1. The Morgan fingerprint density at radius 2 is 1.93 bits per heavy atom. The average Bonchev–Trinajstić information content (AvgIpc) is 3.18. The van der Waals surface area contributed by atoms with Gasteiger partial charge in [-0.1, -0.05) is 18.2 Å². The molecule has 1 atom stereocenters. The SMILES string of the molecule is COc1ccc(NC(=O)CN(C)CC(=O)N2CCS[C@H]2c2ccccc2F)cc1. The highest BCUT2D eigenvalue weighted by Crippen LogP contribution is 2.38. The van der Waals surface area contributed by atoms with Gasteiger partial charge in [0.25, 0.3) is 0 Å². The van der Waals surface area contributed by atoms with E-state index in [1.165, 1.54) is 6.07 Å². The van der Waals surface area contributed by atoms with E-state index < -0.39 is 0 Å². The lowest BCUT2D eigenvalue weighted by Crippen LogP contribution is -2.41. The number of nitrogens with one attached hydrogen (secondary N) is 1. The van der Waals surface area contributed by atoms with Gasteiger partial charge >= 0.3 is 0 Å². The Hall–Kier alpha value is -2.58. The molecule has 8 heteroatoms. The molecule has 2 aromatic rings. The molecule has 1 aliphatic rings. The van der Waals surface area contributed by atoms with Gasteiger partial charge in [0.15, 0.2) is 0 Å². The van der Waals surface area contributed by atoms with E-state index in [4.69, 9.17) is 4.74 Å². The lowest BCUT2D eigenvalue weighted by molar-refractivity contribution is -0.132. The summed E-state index contributed by atoms with van der Waals surface area (Å²) >= 11 is 1.55. The summed E-state index contributed by atoms with van der Waals surface area (Å²) in [4.78, 5) is 28.3. The zero-order valence-corrected chi connectivity index (χ0v) is 17.2. The zero-order chi connectivity index (χ0) is 20.8. The number of ether oxygens (including phenoxy) is 1. The Morgan fingerprint density at radius 1 is 1.21 bits per heavy atom. The first-order valence-electron chi connectivity index (χ1n) is 9.26. The highest BCUT2D eigenvalue weighted by atomic mass is 32.2. The minimum atomic E-state index is -0.328. The summed E-state index contributed by atoms with van der Waals surface area (Å²) in [5, 5.41) is 2.47. The second-order valence-corrected chi connectivity index (χ2v) is 7.97. The Labute approximate surface area is 174 Å². The van der Waals surface area contributed by atoms with Crippen LogP contribution in [0, 0.1) is 5.82 Å². The lowest BCUT2D eigenvalue weighted by Gasteiger charge is -2.26. The third kappa shape index (κ3) is 5.48. The van der Waals surface area contributed by atoms with Crippen molar-refractivity contribution in [3.05, 3.63) is 59.9 Å². The molecule has 0 aliphatic carbocycles. The van der Waals surface area contributed by atoms with Gasteiger partial charge in [-0.15, -0.1) is 11.8 Å². The van der Waals surface area contributed by atoms with E-state index in [1.807, 2.05) is 0 Å².